The van der Waals surface area contributed by atoms with Gasteiger partial charge in [-0.05, 0) is 56.1 Å². The zero-order valence-corrected chi connectivity index (χ0v) is 20.3. The molecule has 1 aliphatic rings. The third-order valence-corrected chi connectivity index (χ3v) is 6.18. The molecule has 182 valence electrons. The van der Waals surface area contributed by atoms with Gasteiger partial charge in [0.2, 0.25) is 11.8 Å². The summed E-state index contributed by atoms with van der Waals surface area (Å²) in [5, 5.41) is 8.09. The smallest absolute Gasteiger partial charge is 0.238 e. The maximum absolute atomic E-state index is 12.4. The van der Waals surface area contributed by atoms with E-state index in [4.69, 9.17) is 9.72 Å². The molecule has 1 saturated heterocycles. The summed E-state index contributed by atoms with van der Waals surface area (Å²) in [6.45, 7) is 1.98. The van der Waals surface area contributed by atoms with E-state index in [0.717, 1.165) is 53.8 Å². The van der Waals surface area contributed by atoms with Crippen LogP contribution in [0.25, 0.3) is 22.2 Å². The molecule has 1 amide bonds. The summed E-state index contributed by atoms with van der Waals surface area (Å²) in [5.74, 6) is 7.47. The number of piperidine rings is 1. The number of aromatic nitrogens is 5. The van der Waals surface area contributed by atoms with Gasteiger partial charge in [0.1, 0.15) is 5.69 Å². The van der Waals surface area contributed by atoms with Crippen molar-refractivity contribution in [1.82, 2.24) is 29.6 Å². The molecule has 0 atom stereocenters. The number of nitrogens with zero attached hydrogens (tertiary/aromatic N) is 6. The number of amides is 1. The molecule has 0 radical (unpaired) electrons. The largest absolute Gasteiger partial charge is 0.481 e. The first-order valence-corrected chi connectivity index (χ1v) is 11.9. The lowest BCUT2D eigenvalue weighted by Crippen LogP contribution is -2.39. The molecule has 36 heavy (non-hydrogen) atoms. The molecule has 0 saturated carbocycles. The zero-order valence-electron chi connectivity index (χ0n) is 20.3. The Bertz CT molecular complexity index is 1430. The summed E-state index contributed by atoms with van der Waals surface area (Å²) in [7, 11) is 3.44. The number of fused-ring (bicyclic) bond motifs is 1. The summed E-state index contributed by atoms with van der Waals surface area (Å²) >= 11 is 0. The van der Waals surface area contributed by atoms with E-state index >= 15 is 0 Å². The predicted molar refractivity (Wildman–Crippen MR) is 137 cm³/mol. The fourth-order valence-electron chi connectivity index (χ4n) is 4.26. The number of likely N-dealkylation sites (tertiary alicyclic amines) is 1. The molecule has 5 heterocycles. The quantitative estimate of drug-likeness (QED) is 0.437. The van der Waals surface area contributed by atoms with E-state index in [2.05, 4.69) is 37.1 Å². The highest BCUT2D eigenvalue weighted by molar-refractivity contribution is 5.92. The van der Waals surface area contributed by atoms with Gasteiger partial charge in [0.15, 0.2) is 0 Å². The highest BCUT2D eigenvalue weighted by Gasteiger charge is 2.20. The topological polar surface area (TPSA) is 98.1 Å². The first-order chi connectivity index (χ1) is 17.6. The van der Waals surface area contributed by atoms with Crippen molar-refractivity contribution in [1.29, 1.82) is 0 Å². The van der Waals surface area contributed by atoms with Gasteiger partial charge in [-0.2, -0.15) is 5.10 Å². The van der Waals surface area contributed by atoms with Crippen molar-refractivity contribution in [3.05, 3.63) is 60.8 Å². The van der Waals surface area contributed by atoms with Gasteiger partial charge in [-0.1, -0.05) is 5.92 Å². The van der Waals surface area contributed by atoms with Gasteiger partial charge >= 0.3 is 0 Å². The van der Waals surface area contributed by atoms with Crippen molar-refractivity contribution < 1.29 is 9.53 Å². The van der Waals surface area contributed by atoms with Gasteiger partial charge in [-0.15, -0.1) is 0 Å². The Morgan fingerprint density at radius 1 is 1.19 bits per heavy atom. The van der Waals surface area contributed by atoms with Gasteiger partial charge in [0.05, 0.1) is 42.9 Å². The van der Waals surface area contributed by atoms with Crippen molar-refractivity contribution in [2.24, 2.45) is 13.0 Å². The Morgan fingerprint density at radius 2 is 2.06 bits per heavy atom. The van der Waals surface area contributed by atoms with Crippen LogP contribution in [-0.2, 0) is 11.8 Å². The number of carbonyl (C=O) groups is 1. The lowest BCUT2D eigenvalue weighted by Gasteiger charge is -2.29. The fraction of sp³-hybridized carbons (Fsp3) is 0.296. The van der Waals surface area contributed by atoms with Crippen LogP contribution in [0.4, 0.5) is 5.69 Å². The number of rotatable bonds is 5. The second-order valence-corrected chi connectivity index (χ2v) is 8.79. The number of carbonyl (C=O) groups excluding carboxylic acids is 1. The average molecular weight is 482 g/mol. The molecular formula is C27H27N7O2. The standard InChI is InChI=1S/C27H27N7O2/c1-33-17-20(15-30-33)24-14-25-22(4-3-11-28-25)23(32-24)7-5-19-9-12-34(13-10-19)18-26(35)31-21-6-8-27(36-2)29-16-21/h3-4,6,8,11,14-17,19H,9-10,12-13,18H2,1-2H3,(H,31,35). The van der Waals surface area contributed by atoms with Crippen LogP contribution in [0, 0.1) is 17.8 Å². The van der Waals surface area contributed by atoms with Crippen molar-refractivity contribution in [2.75, 3.05) is 32.1 Å². The van der Waals surface area contributed by atoms with Gasteiger partial charge in [-0.3, -0.25) is 19.4 Å². The SMILES string of the molecule is COc1ccc(NC(=O)CN2CCC(C#Cc3nc(-c4cnn(C)c4)cc4ncccc34)CC2)cn1. The van der Waals surface area contributed by atoms with Gasteiger partial charge in [-0.25, -0.2) is 9.97 Å². The molecule has 1 N–H and O–H groups in total. The Balaban J connectivity index is 1.22. The Morgan fingerprint density at radius 3 is 2.78 bits per heavy atom. The number of anilines is 1. The van der Waals surface area contributed by atoms with Gasteiger partial charge < -0.3 is 10.1 Å². The van der Waals surface area contributed by atoms with Crippen LogP contribution in [0.3, 0.4) is 0 Å². The summed E-state index contributed by atoms with van der Waals surface area (Å²) in [6.07, 6.45) is 8.92. The number of hydrogen-bond donors (Lipinski definition) is 1. The third-order valence-electron chi connectivity index (χ3n) is 6.18. The van der Waals surface area contributed by atoms with E-state index in [1.165, 1.54) is 0 Å². The lowest BCUT2D eigenvalue weighted by atomic mass is 9.97. The van der Waals surface area contributed by atoms with E-state index in [-0.39, 0.29) is 11.8 Å². The van der Waals surface area contributed by atoms with Crippen molar-refractivity contribution in [3.63, 3.8) is 0 Å². The highest BCUT2D eigenvalue weighted by Crippen LogP contribution is 2.23. The monoisotopic (exact) mass is 481 g/mol. The number of methoxy groups -OCH3 is 1. The minimum Gasteiger partial charge on any atom is -0.481 e. The Hall–Kier alpha value is -4.29. The molecule has 0 aliphatic carbocycles. The molecule has 0 spiro atoms. The van der Waals surface area contributed by atoms with Crippen LogP contribution >= 0.6 is 0 Å². The number of pyridine rings is 3. The van der Waals surface area contributed by atoms with Gasteiger partial charge in [0.25, 0.3) is 0 Å². The second-order valence-electron chi connectivity index (χ2n) is 8.79. The normalized spacial score (nSPS) is 14.3. The van der Waals surface area contributed by atoms with E-state index in [1.54, 1.807) is 42.5 Å². The summed E-state index contributed by atoms with van der Waals surface area (Å²) in [6, 6.07) is 9.39. The first-order valence-electron chi connectivity index (χ1n) is 11.9. The summed E-state index contributed by atoms with van der Waals surface area (Å²) in [5.41, 5.74) is 4.00. The Labute approximate surface area is 209 Å². The maximum atomic E-state index is 12.4. The van der Waals surface area contributed by atoms with Crippen LogP contribution in [-0.4, -0.2) is 62.3 Å². The van der Waals surface area contributed by atoms with E-state index in [1.807, 2.05) is 31.4 Å². The molecule has 0 aromatic carbocycles. The van der Waals surface area contributed by atoms with Crippen LogP contribution < -0.4 is 10.1 Å². The first kappa shape index (κ1) is 23.5. The molecule has 0 unspecified atom stereocenters. The zero-order chi connectivity index (χ0) is 24.9. The highest BCUT2D eigenvalue weighted by atomic mass is 16.5. The van der Waals surface area contributed by atoms with Crippen LogP contribution in [0.2, 0.25) is 0 Å². The summed E-state index contributed by atoms with van der Waals surface area (Å²) < 4.78 is 6.81. The molecule has 9 nitrogen and oxygen atoms in total. The van der Waals surface area contributed by atoms with Gasteiger partial charge in [0, 0.05) is 42.4 Å². The number of ether oxygens (including phenoxy) is 1. The number of nitrogens with one attached hydrogen (secondary N) is 1. The lowest BCUT2D eigenvalue weighted by molar-refractivity contribution is -0.117. The minimum atomic E-state index is -0.0538. The van der Waals surface area contributed by atoms with Crippen LogP contribution in [0.5, 0.6) is 5.88 Å². The molecule has 0 bridgehead atoms. The Kier molecular flexibility index (Phi) is 6.87. The molecule has 4 aromatic heterocycles. The minimum absolute atomic E-state index is 0.0538. The molecule has 5 rings (SSSR count). The van der Waals surface area contributed by atoms with Crippen LogP contribution in [0.15, 0.2) is 55.1 Å². The van der Waals surface area contributed by atoms with Crippen LogP contribution in [0.1, 0.15) is 18.5 Å². The average Bonchev–Trinajstić information content (AvgIpc) is 3.34. The second kappa shape index (κ2) is 10.5. The molecule has 1 aliphatic heterocycles. The summed E-state index contributed by atoms with van der Waals surface area (Å²) in [4.78, 5) is 28.1. The molecular weight excluding hydrogens is 454 g/mol. The van der Waals surface area contributed by atoms with E-state index in [9.17, 15) is 4.79 Å². The third kappa shape index (κ3) is 5.50. The fourth-order valence-corrected chi connectivity index (χ4v) is 4.26. The number of hydrogen-bond acceptors (Lipinski definition) is 7. The van der Waals surface area contributed by atoms with Crippen molar-refractivity contribution >= 4 is 22.5 Å². The van der Waals surface area contributed by atoms with E-state index in [0.29, 0.717) is 18.1 Å². The maximum Gasteiger partial charge on any atom is 0.238 e. The van der Waals surface area contributed by atoms with Crippen molar-refractivity contribution in [2.45, 2.75) is 12.8 Å². The molecule has 4 aromatic rings. The molecule has 9 heteroatoms. The number of aryl methyl sites for hydroxylation is 1. The molecule has 1 fully saturated rings. The van der Waals surface area contributed by atoms with E-state index < -0.39 is 0 Å². The predicted octanol–water partition coefficient (Wildman–Crippen LogP) is 3.14. The van der Waals surface area contributed by atoms with Crippen molar-refractivity contribution in [3.8, 4) is 29.0 Å².